The molecular weight excluding hydrogens is 248 g/mol. The van der Waals surface area contributed by atoms with Crippen molar-refractivity contribution in [3.8, 4) is 0 Å². The van der Waals surface area contributed by atoms with Gasteiger partial charge in [0.05, 0.1) is 6.54 Å². The highest BCUT2D eigenvalue weighted by Crippen LogP contribution is 2.47. The summed E-state index contributed by atoms with van der Waals surface area (Å²) in [6.07, 6.45) is 5.64. The third-order valence-corrected chi connectivity index (χ3v) is 4.52. The van der Waals surface area contributed by atoms with Crippen LogP contribution in [-0.4, -0.2) is 49.1 Å². The van der Waals surface area contributed by atoms with Crippen LogP contribution < -0.4 is 10.6 Å². The van der Waals surface area contributed by atoms with Crippen LogP contribution in [0.1, 0.15) is 53.4 Å². The van der Waals surface area contributed by atoms with E-state index < -0.39 is 0 Å². The topological polar surface area (TPSA) is 39.7 Å². The molecule has 4 nitrogen and oxygen atoms in total. The first-order valence-electron chi connectivity index (χ1n) is 8.22. The average Bonchev–Trinajstić information content (AvgIpc) is 2.77. The van der Waals surface area contributed by atoms with Crippen molar-refractivity contribution in [3.63, 3.8) is 0 Å². The number of aliphatic imine (C=N–C) groups is 1. The van der Waals surface area contributed by atoms with Crippen molar-refractivity contribution in [1.82, 2.24) is 15.5 Å². The summed E-state index contributed by atoms with van der Waals surface area (Å²) in [5.74, 6) is 1.12. The van der Waals surface area contributed by atoms with Crippen LogP contribution in [0.15, 0.2) is 4.99 Å². The van der Waals surface area contributed by atoms with Crippen LogP contribution in [-0.2, 0) is 0 Å². The molecule has 4 heteroatoms. The van der Waals surface area contributed by atoms with E-state index in [2.05, 4.69) is 43.2 Å². The third-order valence-electron chi connectivity index (χ3n) is 4.52. The van der Waals surface area contributed by atoms with Gasteiger partial charge in [-0.1, -0.05) is 6.42 Å². The molecule has 0 unspecified atom stereocenters. The Kier molecular flexibility index (Phi) is 4.95. The molecule has 0 aromatic carbocycles. The fourth-order valence-corrected chi connectivity index (χ4v) is 3.22. The van der Waals surface area contributed by atoms with E-state index in [-0.39, 0.29) is 5.54 Å². The Morgan fingerprint density at radius 2 is 2.00 bits per heavy atom. The van der Waals surface area contributed by atoms with E-state index in [4.69, 9.17) is 4.99 Å². The molecule has 1 aliphatic heterocycles. The molecule has 0 bridgehead atoms. The number of rotatable bonds is 4. The Morgan fingerprint density at radius 1 is 1.25 bits per heavy atom. The predicted octanol–water partition coefficient (Wildman–Crippen LogP) is 2.22. The monoisotopic (exact) mass is 280 g/mol. The maximum absolute atomic E-state index is 4.79. The highest BCUT2D eigenvalue weighted by molar-refractivity contribution is 5.80. The van der Waals surface area contributed by atoms with Gasteiger partial charge in [-0.2, -0.15) is 0 Å². The molecule has 0 amide bonds. The van der Waals surface area contributed by atoms with Crippen molar-refractivity contribution in [1.29, 1.82) is 0 Å². The smallest absolute Gasteiger partial charge is 0.193 e. The molecule has 2 rings (SSSR count). The molecule has 0 radical (unpaired) electrons. The molecule has 2 fully saturated rings. The van der Waals surface area contributed by atoms with E-state index in [9.17, 15) is 0 Å². The zero-order valence-corrected chi connectivity index (χ0v) is 13.8. The van der Waals surface area contributed by atoms with Crippen molar-refractivity contribution < 1.29 is 0 Å². The lowest BCUT2D eigenvalue weighted by Gasteiger charge is -2.38. The van der Waals surface area contributed by atoms with Gasteiger partial charge in [-0.15, -0.1) is 0 Å². The summed E-state index contributed by atoms with van der Waals surface area (Å²) in [4.78, 5) is 7.26. The summed E-state index contributed by atoms with van der Waals surface area (Å²) in [5, 5.41) is 6.95. The van der Waals surface area contributed by atoms with Crippen molar-refractivity contribution in [3.05, 3.63) is 0 Å². The van der Waals surface area contributed by atoms with Crippen molar-refractivity contribution in [2.24, 2.45) is 10.4 Å². The maximum Gasteiger partial charge on any atom is 0.193 e. The predicted molar refractivity (Wildman–Crippen MR) is 86.2 cm³/mol. The van der Waals surface area contributed by atoms with E-state index in [1.165, 1.54) is 38.8 Å². The van der Waals surface area contributed by atoms with Crippen LogP contribution in [0.4, 0.5) is 0 Å². The fourth-order valence-electron chi connectivity index (χ4n) is 3.22. The van der Waals surface area contributed by atoms with Crippen LogP contribution in [0.2, 0.25) is 0 Å². The van der Waals surface area contributed by atoms with E-state index >= 15 is 0 Å². The van der Waals surface area contributed by atoms with E-state index in [1.54, 1.807) is 0 Å². The molecule has 2 aliphatic rings. The fraction of sp³-hybridized carbons (Fsp3) is 0.938. The second-order valence-corrected chi connectivity index (χ2v) is 7.44. The van der Waals surface area contributed by atoms with Crippen molar-refractivity contribution >= 4 is 5.96 Å². The molecule has 1 aliphatic carbocycles. The quantitative estimate of drug-likeness (QED) is 0.471. The Labute approximate surface area is 124 Å². The molecule has 0 aromatic rings. The van der Waals surface area contributed by atoms with Gasteiger partial charge in [-0.3, -0.25) is 4.99 Å². The molecule has 20 heavy (non-hydrogen) atoms. The molecule has 0 atom stereocenters. The van der Waals surface area contributed by atoms with Crippen LogP contribution in [0.25, 0.3) is 0 Å². The second-order valence-electron chi connectivity index (χ2n) is 7.44. The minimum atomic E-state index is 0.178. The van der Waals surface area contributed by atoms with Gasteiger partial charge in [0, 0.05) is 31.7 Å². The van der Waals surface area contributed by atoms with Crippen LogP contribution >= 0.6 is 0 Å². The van der Waals surface area contributed by atoms with Crippen LogP contribution in [0.5, 0.6) is 0 Å². The molecule has 1 saturated carbocycles. The highest BCUT2D eigenvalue weighted by atomic mass is 15.3. The van der Waals surface area contributed by atoms with Gasteiger partial charge < -0.3 is 15.5 Å². The first-order valence-corrected chi connectivity index (χ1v) is 8.22. The van der Waals surface area contributed by atoms with E-state index in [0.29, 0.717) is 5.41 Å². The Hall–Kier alpha value is -0.770. The number of hydrogen-bond donors (Lipinski definition) is 2. The van der Waals surface area contributed by atoms with E-state index in [1.807, 2.05) is 0 Å². The second kappa shape index (κ2) is 6.33. The SMILES string of the molecule is CCNC(=NCCNC(C)(C)C)N1CCC2(CCC2)C1. The molecule has 116 valence electrons. The lowest BCUT2D eigenvalue weighted by Crippen LogP contribution is -2.43. The normalized spacial score (nSPS) is 22.2. The summed E-state index contributed by atoms with van der Waals surface area (Å²) in [7, 11) is 0. The molecule has 1 heterocycles. The Balaban J connectivity index is 1.83. The highest BCUT2D eigenvalue weighted by Gasteiger charge is 2.43. The zero-order chi connectivity index (χ0) is 14.6. The summed E-state index contributed by atoms with van der Waals surface area (Å²) in [6.45, 7) is 13.9. The molecule has 1 saturated heterocycles. The van der Waals surface area contributed by atoms with Gasteiger partial charge in [-0.25, -0.2) is 0 Å². The van der Waals surface area contributed by atoms with Gasteiger partial charge in [0.1, 0.15) is 0 Å². The minimum absolute atomic E-state index is 0.178. The van der Waals surface area contributed by atoms with Gasteiger partial charge in [-0.05, 0) is 52.4 Å². The number of nitrogens with zero attached hydrogens (tertiary/aromatic N) is 2. The Bertz CT molecular complexity index is 339. The number of nitrogens with one attached hydrogen (secondary N) is 2. The van der Waals surface area contributed by atoms with Gasteiger partial charge in [0.15, 0.2) is 5.96 Å². The number of hydrogen-bond acceptors (Lipinski definition) is 2. The lowest BCUT2D eigenvalue weighted by atomic mass is 9.68. The van der Waals surface area contributed by atoms with Gasteiger partial charge >= 0.3 is 0 Å². The summed E-state index contributed by atoms with van der Waals surface area (Å²) in [5.41, 5.74) is 0.817. The summed E-state index contributed by atoms with van der Waals surface area (Å²) in [6, 6.07) is 0. The van der Waals surface area contributed by atoms with E-state index in [0.717, 1.165) is 25.6 Å². The Morgan fingerprint density at radius 3 is 2.50 bits per heavy atom. The average molecular weight is 280 g/mol. The van der Waals surface area contributed by atoms with Crippen LogP contribution in [0.3, 0.4) is 0 Å². The summed E-state index contributed by atoms with van der Waals surface area (Å²) < 4.78 is 0. The number of guanidine groups is 1. The number of likely N-dealkylation sites (tertiary alicyclic amines) is 1. The van der Waals surface area contributed by atoms with Crippen molar-refractivity contribution in [2.45, 2.75) is 58.9 Å². The third kappa shape index (κ3) is 4.11. The van der Waals surface area contributed by atoms with Crippen molar-refractivity contribution in [2.75, 3.05) is 32.7 Å². The zero-order valence-electron chi connectivity index (χ0n) is 13.8. The first kappa shape index (κ1) is 15.6. The lowest BCUT2D eigenvalue weighted by molar-refractivity contribution is 0.151. The maximum atomic E-state index is 4.79. The molecule has 2 N–H and O–H groups in total. The summed E-state index contributed by atoms with van der Waals surface area (Å²) >= 11 is 0. The van der Waals surface area contributed by atoms with Gasteiger partial charge in [0.2, 0.25) is 0 Å². The molecular formula is C16H32N4. The van der Waals surface area contributed by atoms with Crippen LogP contribution in [0, 0.1) is 5.41 Å². The largest absolute Gasteiger partial charge is 0.357 e. The molecule has 0 aromatic heterocycles. The molecule has 1 spiro atoms. The minimum Gasteiger partial charge on any atom is -0.357 e. The van der Waals surface area contributed by atoms with Gasteiger partial charge in [0.25, 0.3) is 0 Å². The first-order chi connectivity index (χ1) is 9.44. The standard InChI is InChI=1S/C16H32N4/c1-5-17-14(18-10-11-19-15(2,3)4)20-12-9-16(13-20)7-6-8-16/h19H,5-13H2,1-4H3,(H,17,18).